The van der Waals surface area contributed by atoms with Crippen molar-refractivity contribution < 1.29 is 13.3 Å². The van der Waals surface area contributed by atoms with Crippen molar-refractivity contribution >= 4 is 10.2 Å². The van der Waals surface area contributed by atoms with Crippen LogP contribution in [0.25, 0.3) is 0 Å². The fraction of sp³-hybridized carbons (Fsp3) is 1.00. The zero-order valence-electron chi connectivity index (χ0n) is 8.69. The Morgan fingerprint density at radius 2 is 1.86 bits per heavy atom. The Hall–Kier alpha value is -0.170. The Bertz CT molecular complexity index is 260. The highest BCUT2D eigenvalue weighted by atomic mass is 32.2. The quantitative estimate of drug-likeness (QED) is 0.710. The summed E-state index contributed by atoms with van der Waals surface area (Å²) >= 11 is 0. The summed E-state index contributed by atoms with van der Waals surface area (Å²) < 4.78 is 24.4. The van der Waals surface area contributed by atoms with E-state index in [0.717, 1.165) is 25.7 Å². The molecule has 0 spiro atoms. The average molecular weight is 222 g/mol. The van der Waals surface area contributed by atoms with Crippen molar-refractivity contribution in [2.24, 2.45) is 0 Å². The molecule has 1 N–H and O–H groups in total. The summed E-state index contributed by atoms with van der Waals surface area (Å²) in [4.78, 5) is 6.46. The van der Waals surface area contributed by atoms with Crippen molar-refractivity contribution in [2.45, 2.75) is 38.1 Å². The van der Waals surface area contributed by atoms with Crippen LogP contribution in [0.2, 0.25) is 0 Å². The first-order valence-electron chi connectivity index (χ1n) is 4.85. The molecule has 0 aromatic heterocycles. The third-order valence-corrected chi connectivity index (χ3v) is 4.09. The third kappa shape index (κ3) is 2.91. The molecule has 0 aromatic rings. The minimum absolute atomic E-state index is 0.122. The molecular formula is C8H18N2O3S. The van der Waals surface area contributed by atoms with Crippen LogP contribution in [0, 0.1) is 0 Å². The first kappa shape index (κ1) is 11.9. The second-order valence-corrected chi connectivity index (χ2v) is 5.29. The van der Waals surface area contributed by atoms with Crippen molar-refractivity contribution in [3.8, 4) is 0 Å². The minimum Gasteiger partial charge on any atom is -0.289 e. The zero-order valence-corrected chi connectivity index (χ0v) is 9.51. The summed E-state index contributed by atoms with van der Waals surface area (Å²) in [6.45, 7) is 0. The molecular weight excluding hydrogens is 204 g/mol. The number of hydrogen-bond donors (Lipinski definition) is 1. The predicted octanol–water partition coefficient (Wildman–Crippen LogP) is 0.647. The summed E-state index contributed by atoms with van der Waals surface area (Å²) in [5, 5.41) is 0. The average Bonchev–Trinajstić information content (AvgIpc) is 2.18. The van der Waals surface area contributed by atoms with Gasteiger partial charge in [-0.2, -0.15) is 12.7 Å². The van der Waals surface area contributed by atoms with E-state index in [1.165, 1.54) is 17.8 Å². The largest absolute Gasteiger partial charge is 0.301 e. The van der Waals surface area contributed by atoms with Crippen molar-refractivity contribution in [2.75, 3.05) is 14.2 Å². The van der Waals surface area contributed by atoms with Gasteiger partial charge in [0.2, 0.25) is 0 Å². The third-order valence-electron chi connectivity index (χ3n) is 2.66. The van der Waals surface area contributed by atoms with E-state index < -0.39 is 10.2 Å². The fourth-order valence-corrected chi connectivity index (χ4v) is 2.74. The van der Waals surface area contributed by atoms with E-state index in [9.17, 15) is 8.42 Å². The maximum absolute atomic E-state index is 11.5. The number of rotatable bonds is 4. The molecule has 1 aliphatic carbocycles. The second kappa shape index (κ2) is 5.06. The van der Waals surface area contributed by atoms with E-state index in [1.54, 1.807) is 7.05 Å². The van der Waals surface area contributed by atoms with Gasteiger partial charge in [0.05, 0.1) is 7.11 Å². The molecule has 0 amide bonds. The molecule has 0 atom stereocenters. The standard InChI is InChI=1S/C8H18N2O3S/c1-10(14(11,12)9-13-2)8-6-4-3-5-7-8/h8-9H,3-7H2,1-2H3. The molecule has 5 nitrogen and oxygen atoms in total. The lowest BCUT2D eigenvalue weighted by molar-refractivity contribution is 0.142. The number of nitrogens with zero attached hydrogens (tertiary/aromatic N) is 1. The molecule has 0 heterocycles. The summed E-state index contributed by atoms with van der Waals surface area (Å²) in [7, 11) is -0.556. The van der Waals surface area contributed by atoms with Gasteiger partial charge in [-0.3, -0.25) is 4.84 Å². The van der Waals surface area contributed by atoms with Crippen LogP contribution in [0.5, 0.6) is 0 Å². The van der Waals surface area contributed by atoms with Crippen molar-refractivity contribution in [3.63, 3.8) is 0 Å². The number of hydrogen-bond acceptors (Lipinski definition) is 3. The normalized spacial score (nSPS) is 20.2. The first-order chi connectivity index (χ1) is 6.58. The SMILES string of the molecule is CONS(=O)(=O)N(C)C1CCCCC1. The van der Waals surface area contributed by atoms with Crippen LogP contribution in [0.1, 0.15) is 32.1 Å². The van der Waals surface area contributed by atoms with Crippen LogP contribution < -0.4 is 4.89 Å². The minimum atomic E-state index is -3.45. The summed E-state index contributed by atoms with van der Waals surface area (Å²) in [6, 6.07) is 0.122. The topological polar surface area (TPSA) is 58.6 Å². The lowest BCUT2D eigenvalue weighted by Crippen LogP contribution is -2.44. The molecule has 0 radical (unpaired) electrons. The van der Waals surface area contributed by atoms with Crippen molar-refractivity contribution in [1.82, 2.24) is 9.19 Å². The Balaban J connectivity index is 2.58. The lowest BCUT2D eigenvalue weighted by Gasteiger charge is -2.29. The molecule has 0 bridgehead atoms. The Morgan fingerprint density at radius 1 is 1.29 bits per heavy atom. The molecule has 1 rings (SSSR count). The van der Waals surface area contributed by atoms with Crippen LogP contribution >= 0.6 is 0 Å². The van der Waals surface area contributed by atoms with E-state index in [-0.39, 0.29) is 6.04 Å². The molecule has 1 fully saturated rings. The molecule has 6 heteroatoms. The first-order valence-corrected chi connectivity index (χ1v) is 6.29. The lowest BCUT2D eigenvalue weighted by atomic mass is 9.96. The van der Waals surface area contributed by atoms with E-state index in [2.05, 4.69) is 4.84 Å². The molecule has 84 valence electrons. The van der Waals surface area contributed by atoms with Gasteiger partial charge in [-0.1, -0.05) is 24.1 Å². The molecule has 14 heavy (non-hydrogen) atoms. The van der Waals surface area contributed by atoms with Gasteiger partial charge in [-0.25, -0.2) is 0 Å². The molecule has 0 aromatic carbocycles. The fourth-order valence-electron chi connectivity index (χ4n) is 1.80. The zero-order chi connectivity index (χ0) is 10.6. The Morgan fingerprint density at radius 3 is 2.36 bits per heavy atom. The monoisotopic (exact) mass is 222 g/mol. The van der Waals surface area contributed by atoms with Crippen LogP contribution in [0.4, 0.5) is 0 Å². The van der Waals surface area contributed by atoms with Gasteiger partial charge in [-0.15, -0.1) is 0 Å². The number of nitrogens with one attached hydrogen (secondary N) is 1. The van der Waals surface area contributed by atoms with E-state index >= 15 is 0 Å². The highest BCUT2D eigenvalue weighted by molar-refractivity contribution is 7.87. The van der Waals surface area contributed by atoms with E-state index in [0.29, 0.717) is 0 Å². The van der Waals surface area contributed by atoms with Gasteiger partial charge in [0, 0.05) is 13.1 Å². The summed E-state index contributed by atoms with van der Waals surface area (Å²) in [5.74, 6) is 0. The van der Waals surface area contributed by atoms with Gasteiger partial charge in [0.1, 0.15) is 0 Å². The molecule has 1 saturated carbocycles. The molecule has 0 saturated heterocycles. The smallest absolute Gasteiger partial charge is 0.289 e. The van der Waals surface area contributed by atoms with Gasteiger partial charge >= 0.3 is 10.2 Å². The van der Waals surface area contributed by atoms with Crippen LogP contribution in [0.15, 0.2) is 0 Å². The summed E-state index contributed by atoms with van der Waals surface area (Å²) in [5.41, 5.74) is 0. The highest BCUT2D eigenvalue weighted by Gasteiger charge is 2.27. The molecule has 1 aliphatic rings. The van der Waals surface area contributed by atoms with Crippen LogP contribution in [0.3, 0.4) is 0 Å². The van der Waals surface area contributed by atoms with E-state index in [4.69, 9.17) is 0 Å². The molecule has 0 aliphatic heterocycles. The summed E-state index contributed by atoms with van der Waals surface area (Å²) in [6.07, 6.45) is 5.32. The van der Waals surface area contributed by atoms with Crippen LogP contribution in [-0.2, 0) is 15.0 Å². The Labute approximate surface area is 85.6 Å². The van der Waals surface area contributed by atoms with Gasteiger partial charge in [0.25, 0.3) is 0 Å². The van der Waals surface area contributed by atoms with Crippen molar-refractivity contribution in [3.05, 3.63) is 0 Å². The van der Waals surface area contributed by atoms with Crippen molar-refractivity contribution in [1.29, 1.82) is 0 Å². The van der Waals surface area contributed by atoms with Gasteiger partial charge in [-0.05, 0) is 12.8 Å². The maximum Gasteiger partial charge on any atom is 0.301 e. The second-order valence-electron chi connectivity index (χ2n) is 3.60. The maximum atomic E-state index is 11.5. The molecule has 0 unspecified atom stereocenters. The predicted molar refractivity (Wildman–Crippen MR) is 53.7 cm³/mol. The van der Waals surface area contributed by atoms with Crippen LogP contribution in [-0.4, -0.2) is 32.9 Å². The van der Waals surface area contributed by atoms with E-state index in [1.807, 2.05) is 4.89 Å². The Kier molecular flexibility index (Phi) is 4.31. The van der Waals surface area contributed by atoms with Gasteiger partial charge < -0.3 is 0 Å². The highest BCUT2D eigenvalue weighted by Crippen LogP contribution is 2.22. The van der Waals surface area contributed by atoms with Gasteiger partial charge in [0.15, 0.2) is 0 Å².